The fraction of sp³-hybridized carbons (Fsp3) is 0.583. The summed E-state index contributed by atoms with van der Waals surface area (Å²) in [5, 5.41) is 33.2. The number of nitrogen functional groups attached to an aromatic ring is 3. The molecule has 6 aromatic heterocycles. The number of hydrogen-bond acceptors (Lipinski definition) is 28. The molecule has 3 aliphatic rings. The number of aromatic nitrogens is 12. The molecule has 0 amide bonds. The number of anilines is 3. The molecule has 5 unspecified atom stereocenters. The quantitative estimate of drug-likeness (QED) is 0.0237. The molecule has 38 nitrogen and oxygen atoms in total. The lowest BCUT2D eigenvalue weighted by Crippen LogP contribution is -2.45. The van der Waals surface area contributed by atoms with Gasteiger partial charge in [0.1, 0.15) is 42.4 Å². The van der Waals surface area contributed by atoms with Crippen LogP contribution in [0.15, 0.2) is 34.9 Å². The van der Waals surface area contributed by atoms with Gasteiger partial charge < -0.3 is 80.3 Å². The number of H-pyrrole nitrogens is 2. The Hall–Kier alpha value is -5.11. The number of aryl methyl sites for hydroxylation is 1. The van der Waals surface area contributed by atoms with Crippen LogP contribution in [0.5, 0.6) is 0 Å². The van der Waals surface area contributed by atoms with Gasteiger partial charge in [0.05, 0.1) is 57.9 Å². The topological polar surface area (TPSA) is 542 Å². The van der Waals surface area contributed by atoms with Crippen molar-refractivity contribution in [3.05, 3.63) is 46.0 Å². The van der Waals surface area contributed by atoms with E-state index in [0.29, 0.717) is 0 Å². The van der Waals surface area contributed by atoms with E-state index in [4.69, 9.17) is 54.5 Å². The first-order valence-corrected chi connectivity index (χ1v) is 29.1. The monoisotopic (exact) mass is 1190 g/mol. The molecular formula is C36H52N15O23P4+. The minimum absolute atomic E-state index is 0.000275. The zero-order valence-electron chi connectivity index (χ0n) is 40.6. The van der Waals surface area contributed by atoms with Gasteiger partial charge in [-0.05, 0) is 6.42 Å². The average molecular weight is 1190 g/mol. The molecule has 0 aliphatic carbocycles. The Labute approximate surface area is 435 Å². The van der Waals surface area contributed by atoms with E-state index in [9.17, 15) is 62.7 Å². The van der Waals surface area contributed by atoms with Crippen molar-refractivity contribution >= 4 is 82.3 Å². The van der Waals surface area contributed by atoms with Gasteiger partial charge >= 0.3 is 36.7 Å². The summed E-state index contributed by atoms with van der Waals surface area (Å²) in [6, 6.07) is 0. The third-order valence-corrected chi connectivity index (χ3v) is 18.5. The number of aliphatic hydroxyl groups is 3. The van der Waals surface area contributed by atoms with E-state index in [1.807, 2.05) is 0 Å². The molecule has 0 spiro atoms. The number of imidazole rings is 3. The van der Waals surface area contributed by atoms with Crippen molar-refractivity contribution < 1.29 is 104 Å². The molecular weight excluding hydrogens is 1130 g/mol. The van der Waals surface area contributed by atoms with Crippen molar-refractivity contribution in [2.45, 2.75) is 67.8 Å². The van der Waals surface area contributed by atoms with Crippen molar-refractivity contribution in [1.29, 1.82) is 0 Å². The largest absolute Gasteiger partial charge is 0.490 e. The maximum absolute atomic E-state index is 13.9. The Balaban J connectivity index is 0.871. The van der Waals surface area contributed by atoms with E-state index in [2.05, 4.69) is 48.5 Å². The van der Waals surface area contributed by atoms with Crippen LogP contribution >= 0.6 is 31.1 Å². The van der Waals surface area contributed by atoms with Gasteiger partial charge in [0.2, 0.25) is 17.7 Å². The summed E-state index contributed by atoms with van der Waals surface area (Å²) in [6.45, 7) is -2.86. The lowest BCUT2D eigenvalue weighted by Gasteiger charge is -2.26. The van der Waals surface area contributed by atoms with Gasteiger partial charge in [-0.2, -0.15) is 13.6 Å². The van der Waals surface area contributed by atoms with Crippen LogP contribution in [0.3, 0.4) is 0 Å². The molecule has 0 saturated carbocycles. The van der Waals surface area contributed by atoms with E-state index in [-0.39, 0.29) is 64.2 Å². The first-order valence-electron chi connectivity index (χ1n) is 22.8. The maximum atomic E-state index is 13.9. The van der Waals surface area contributed by atoms with Crippen LogP contribution in [0, 0.1) is 11.8 Å². The lowest BCUT2D eigenvalue weighted by molar-refractivity contribution is -0.745. The minimum atomic E-state index is -6.15. The van der Waals surface area contributed by atoms with E-state index in [1.54, 1.807) is 0 Å². The molecule has 3 fully saturated rings. The van der Waals surface area contributed by atoms with E-state index < -0.39 is 141 Å². The Bertz CT molecular complexity index is 3530. The molecule has 0 radical (unpaired) electrons. The van der Waals surface area contributed by atoms with Gasteiger partial charge in [-0.3, -0.25) is 46.9 Å². The standard InChI is InChI=1S/C36H51N15O23P4/c1-48-13-51(29-21(48)31(56)47-36(39)45-29)32-22(52)14(4-5-65-2)16(70-32)6-68-76(59,60)73-78(63,64)74-77(61,62)69-7-17-15(25(66-3)34(71-17)49-11-42-19-26(37)40-10-41-27(19)49)9-75(57,58)67-8-18-23(53)24(54)33(72-18)50-12-43-20-28(50)44-35(38)46-30(20)55/h10-18,22-25,32-34,52-54H,4-9H2,1-3H3,(H11-,37,38,39,40,41,44,45,46,47,55,56,57,58,59,60,61,62,63,64)/p+1/t14-,15-,16-,17?,18-,22-,23-,24-,25-,32-,33-,34-/m1/s1. The fourth-order valence-electron chi connectivity index (χ4n) is 9.38. The normalized spacial score (nSPS) is 29.8. The molecule has 0 aromatic carbocycles. The summed E-state index contributed by atoms with van der Waals surface area (Å²) in [6.07, 6.45) is -10.8. The van der Waals surface area contributed by atoms with Crippen molar-refractivity contribution in [1.82, 2.24) is 53.6 Å². The van der Waals surface area contributed by atoms with Crippen LogP contribution in [0.2, 0.25) is 0 Å². The van der Waals surface area contributed by atoms with E-state index in [0.717, 1.165) is 17.2 Å². The van der Waals surface area contributed by atoms with Gasteiger partial charge in [0.15, 0.2) is 41.4 Å². The molecule has 428 valence electrons. The Morgan fingerprint density at radius 2 is 1.31 bits per heavy atom. The number of aliphatic hydroxyl groups excluding tert-OH is 3. The average Bonchev–Trinajstić information content (AvgIpc) is 4.39. The first kappa shape index (κ1) is 57.6. The number of nitrogens with two attached hydrogens (primary N) is 3. The number of rotatable bonds is 22. The van der Waals surface area contributed by atoms with Crippen LogP contribution in [-0.4, -0.2) is 178 Å². The molecule has 15 N–H and O–H groups in total. The number of aromatic amines is 2. The fourth-order valence-corrected chi connectivity index (χ4v) is 14.4. The number of nitrogens with one attached hydrogen (secondary N) is 2. The Morgan fingerprint density at radius 1 is 0.705 bits per heavy atom. The molecule has 9 heterocycles. The van der Waals surface area contributed by atoms with Crippen molar-refractivity contribution in [3.8, 4) is 0 Å². The van der Waals surface area contributed by atoms with Crippen LogP contribution in [0.1, 0.15) is 25.1 Å². The molecule has 0 bridgehead atoms. The molecule has 42 heteroatoms. The van der Waals surface area contributed by atoms with Gasteiger partial charge in [0, 0.05) is 32.7 Å². The third kappa shape index (κ3) is 11.7. The van der Waals surface area contributed by atoms with Crippen molar-refractivity contribution in [2.75, 3.05) is 64.0 Å². The second-order valence-electron chi connectivity index (χ2n) is 17.9. The Kier molecular flexibility index (Phi) is 16.3. The minimum Gasteiger partial charge on any atom is -0.387 e. The van der Waals surface area contributed by atoms with E-state index >= 15 is 0 Å². The van der Waals surface area contributed by atoms with Crippen LogP contribution < -0.4 is 32.9 Å². The summed E-state index contributed by atoms with van der Waals surface area (Å²) in [5.74, 6) is -2.92. The summed E-state index contributed by atoms with van der Waals surface area (Å²) >= 11 is 0. The summed E-state index contributed by atoms with van der Waals surface area (Å²) in [7, 11) is -18.7. The van der Waals surface area contributed by atoms with Crippen LogP contribution in [0.4, 0.5) is 17.7 Å². The van der Waals surface area contributed by atoms with Gasteiger partial charge in [-0.15, -0.1) is 0 Å². The number of ether oxygens (including phenoxy) is 5. The molecule has 16 atom stereocenters. The number of nitrogens with zero attached hydrogens (tertiary/aromatic N) is 10. The third-order valence-electron chi connectivity index (χ3n) is 12.8. The highest BCUT2D eigenvalue weighted by Gasteiger charge is 2.53. The van der Waals surface area contributed by atoms with Gasteiger partial charge in [-0.1, -0.05) is 4.98 Å². The summed E-state index contributed by atoms with van der Waals surface area (Å²) in [4.78, 5) is 97.1. The van der Waals surface area contributed by atoms with Gasteiger partial charge in [0.25, 0.3) is 17.1 Å². The van der Waals surface area contributed by atoms with E-state index in [1.165, 1.54) is 47.6 Å². The second kappa shape index (κ2) is 22.1. The van der Waals surface area contributed by atoms with Gasteiger partial charge in [-0.25, -0.2) is 38.2 Å². The van der Waals surface area contributed by atoms with Crippen LogP contribution in [0.25, 0.3) is 33.5 Å². The molecule has 3 aliphatic heterocycles. The lowest BCUT2D eigenvalue weighted by atomic mass is 9.95. The number of methoxy groups -OCH3 is 2. The van der Waals surface area contributed by atoms with Crippen molar-refractivity contribution in [3.63, 3.8) is 0 Å². The highest BCUT2D eigenvalue weighted by atomic mass is 31.3. The molecule has 6 aromatic rings. The smallest absolute Gasteiger partial charge is 0.387 e. The zero-order chi connectivity index (χ0) is 56.4. The first-order chi connectivity index (χ1) is 36.7. The molecule has 78 heavy (non-hydrogen) atoms. The molecule has 9 rings (SSSR count). The van der Waals surface area contributed by atoms with Crippen LogP contribution in [-0.2, 0) is 71.2 Å². The number of phosphoric acid groups is 3. The summed E-state index contributed by atoms with van der Waals surface area (Å²) in [5.41, 5.74) is 16.0. The number of hydrogen-bond donors (Lipinski definition) is 12. The number of phosphoric ester groups is 2. The second-order valence-corrected chi connectivity index (χ2v) is 24.4. The zero-order valence-corrected chi connectivity index (χ0v) is 44.2. The predicted octanol–water partition coefficient (Wildman–Crippen LogP) is -3.10. The number of fused-ring (bicyclic) bond motifs is 3. The summed E-state index contributed by atoms with van der Waals surface area (Å²) < 4.78 is 111. The molecule has 3 saturated heterocycles. The maximum Gasteiger partial charge on any atom is 0.490 e. The van der Waals surface area contributed by atoms with Crippen molar-refractivity contribution in [2.24, 2.45) is 18.9 Å². The highest BCUT2D eigenvalue weighted by molar-refractivity contribution is 7.66. The predicted molar refractivity (Wildman–Crippen MR) is 256 cm³/mol. The SMILES string of the molecule is COCC[C@H]1[C@@H](O)[C@H]([n+]2cn(C)c3c(=O)[nH]c(N)nc32)O[C@@H]1COP(=O)(O)OP(=O)(O)OP(=O)(O)OCC1O[C@@H](n2cnc3c(N)ncnc32)[C@H](OC)[C@@H]1CP(=O)(O)OC[C@H]1O[C@@H](n2cnc3c(=O)[nH]c(N)nc32)[C@H](O)[C@@H]1O. The Morgan fingerprint density at radius 3 is 1.97 bits per heavy atom. The highest BCUT2D eigenvalue weighted by Crippen LogP contribution is 2.68.